The van der Waals surface area contributed by atoms with Crippen molar-refractivity contribution >= 4 is 11.8 Å². The van der Waals surface area contributed by atoms with Crippen LogP contribution in [-0.4, -0.2) is 48.8 Å². The van der Waals surface area contributed by atoms with Gasteiger partial charge >= 0.3 is 6.03 Å². The quantitative estimate of drug-likeness (QED) is 0.932. The number of aromatic nitrogens is 1. The van der Waals surface area contributed by atoms with Crippen molar-refractivity contribution in [1.82, 2.24) is 15.4 Å². The van der Waals surface area contributed by atoms with Gasteiger partial charge < -0.3 is 19.6 Å². The van der Waals surface area contributed by atoms with Crippen LogP contribution < -0.4 is 10.2 Å². The summed E-state index contributed by atoms with van der Waals surface area (Å²) in [5.74, 6) is 1.36. The first-order valence-electron chi connectivity index (χ1n) is 8.08. The molecule has 2 amide bonds. The molecule has 7 heteroatoms. The first-order chi connectivity index (χ1) is 11.6. The molecular formula is C17H21FN4O2. The van der Waals surface area contributed by atoms with Gasteiger partial charge in [0.1, 0.15) is 11.6 Å². The summed E-state index contributed by atoms with van der Waals surface area (Å²) in [6.07, 6.45) is 0.483. The molecule has 0 unspecified atom stereocenters. The Morgan fingerprint density at radius 1 is 1.29 bits per heavy atom. The van der Waals surface area contributed by atoms with Crippen molar-refractivity contribution in [2.45, 2.75) is 13.3 Å². The Bertz CT molecular complexity index is 695. The number of nitrogens with one attached hydrogen (secondary N) is 1. The summed E-state index contributed by atoms with van der Waals surface area (Å²) in [5, 5.41) is 6.85. The number of nitrogens with zero attached hydrogens (tertiary/aromatic N) is 3. The van der Waals surface area contributed by atoms with Gasteiger partial charge in [-0.2, -0.15) is 0 Å². The number of rotatable bonds is 4. The zero-order valence-corrected chi connectivity index (χ0v) is 13.7. The van der Waals surface area contributed by atoms with E-state index >= 15 is 0 Å². The maximum absolute atomic E-state index is 13.5. The summed E-state index contributed by atoms with van der Waals surface area (Å²) < 4.78 is 18.6. The minimum absolute atomic E-state index is 0.109. The first kappa shape index (κ1) is 16.3. The number of hydrogen-bond acceptors (Lipinski definition) is 4. The number of anilines is 1. The maximum atomic E-state index is 13.5. The van der Waals surface area contributed by atoms with Crippen LogP contribution in [-0.2, 0) is 6.42 Å². The van der Waals surface area contributed by atoms with E-state index < -0.39 is 0 Å². The number of hydrogen-bond donors (Lipinski definition) is 1. The van der Waals surface area contributed by atoms with Crippen LogP contribution >= 0.6 is 0 Å². The zero-order valence-electron chi connectivity index (χ0n) is 13.7. The third-order valence-corrected chi connectivity index (χ3v) is 4.13. The zero-order chi connectivity index (χ0) is 16.9. The van der Waals surface area contributed by atoms with Gasteiger partial charge in [0.25, 0.3) is 0 Å². The van der Waals surface area contributed by atoms with Gasteiger partial charge in [0.15, 0.2) is 5.82 Å². The molecule has 2 aromatic rings. The molecule has 1 N–H and O–H groups in total. The summed E-state index contributed by atoms with van der Waals surface area (Å²) >= 11 is 0. The maximum Gasteiger partial charge on any atom is 0.317 e. The molecule has 128 valence electrons. The lowest BCUT2D eigenvalue weighted by Crippen LogP contribution is -2.52. The lowest BCUT2D eigenvalue weighted by molar-refractivity contribution is 0.194. The predicted molar refractivity (Wildman–Crippen MR) is 88.5 cm³/mol. The molecule has 0 spiro atoms. The Morgan fingerprint density at radius 2 is 2.04 bits per heavy atom. The Kier molecular flexibility index (Phi) is 4.98. The average molecular weight is 332 g/mol. The fourth-order valence-electron chi connectivity index (χ4n) is 2.76. The standard InChI is InChI=1S/C17H21FN4O2/c1-13-12-16(20-24-13)21-8-10-22(11-9-21)17(23)19-7-6-14-4-2-3-5-15(14)18/h2-5,12H,6-11H2,1H3,(H,19,23). The Balaban J connectivity index is 1.43. The van der Waals surface area contributed by atoms with Gasteiger partial charge in [-0.15, -0.1) is 0 Å². The molecule has 1 saturated heterocycles. The molecule has 0 aliphatic carbocycles. The molecule has 0 saturated carbocycles. The Morgan fingerprint density at radius 3 is 2.71 bits per heavy atom. The second kappa shape index (κ2) is 7.33. The third kappa shape index (κ3) is 3.84. The molecule has 24 heavy (non-hydrogen) atoms. The largest absolute Gasteiger partial charge is 0.360 e. The van der Waals surface area contributed by atoms with Crippen molar-refractivity contribution in [3.63, 3.8) is 0 Å². The Labute approximate surface area is 140 Å². The van der Waals surface area contributed by atoms with Crippen molar-refractivity contribution < 1.29 is 13.7 Å². The van der Waals surface area contributed by atoms with Gasteiger partial charge in [0.05, 0.1) is 0 Å². The van der Waals surface area contributed by atoms with Gasteiger partial charge in [0.2, 0.25) is 0 Å². The van der Waals surface area contributed by atoms with E-state index in [-0.39, 0.29) is 11.8 Å². The number of carbonyl (C=O) groups excluding carboxylic acids is 1. The number of halogens is 1. The van der Waals surface area contributed by atoms with E-state index in [2.05, 4.69) is 15.4 Å². The second-order valence-electron chi connectivity index (χ2n) is 5.84. The number of piperazine rings is 1. The summed E-state index contributed by atoms with van der Waals surface area (Å²) in [6, 6.07) is 8.41. The van der Waals surface area contributed by atoms with E-state index in [9.17, 15) is 9.18 Å². The van der Waals surface area contributed by atoms with Crippen LogP contribution in [0.25, 0.3) is 0 Å². The van der Waals surface area contributed by atoms with Crippen LogP contribution in [0, 0.1) is 12.7 Å². The van der Waals surface area contributed by atoms with Gasteiger partial charge in [0, 0.05) is 38.8 Å². The normalized spacial score (nSPS) is 14.8. The number of carbonyl (C=O) groups is 1. The van der Waals surface area contributed by atoms with E-state index in [1.54, 1.807) is 23.1 Å². The molecule has 2 heterocycles. The van der Waals surface area contributed by atoms with Gasteiger partial charge in [-0.1, -0.05) is 23.4 Å². The first-order valence-corrected chi connectivity index (χ1v) is 8.08. The molecule has 1 aromatic carbocycles. The molecule has 0 atom stereocenters. The molecular weight excluding hydrogens is 311 g/mol. The van der Waals surface area contributed by atoms with Gasteiger partial charge in [-0.25, -0.2) is 9.18 Å². The van der Waals surface area contributed by atoms with Crippen molar-refractivity contribution in [2.24, 2.45) is 0 Å². The van der Waals surface area contributed by atoms with Gasteiger partial charge in [-0.3, -0.25) is 0 Å². The number of benzene rings is 1. The third-order valence-electron chi connectivity index (χ3n) is 4.13. The van der Waals surface area contributed by atoms with E-state index in [0.29, 0.717) is 44.7 Å². The molecule has 1 aromatic heterocycles. The monoisotopic (exact) mass is 332 g/mol. The highest BCUT2D eigenvalue weighted by Crippen LogP contribution is 2.16. The van der Waals surface area contributed by atoms with Crippen LogP contribution in [0.5, 0.6) is 0 Å². The molecule has 0 bridgehead atoms. The lowest BCUT2D eigenvalue weighted by Gasteiger charge is -2.34. The van der Waals surface area contributed by atoms with Crippen molar-refractivity contribution in [3.8, 4) is 0 Å². The highest BCUT2D eigenvalue weighted by atomic mass is 19.1. The van der Waals surface area contributed by atoms with E-state index in [0.717, 1.165) is 11.6 Å². The summed E-state index contributed by atoms with van der Waals surface area (Å²) in [5.41, 5.74) is 0.615. The van der Waals surface area contributed by atoms with Crippen molar-refractivity contribution in [3.05, 3.63) is 47.5 Å². The fourth-order valence-corrected chi connectivity index (χ4v) is 2.76. The summed E-state index contributed by atoms with van der Waals surface area (Å²) in [4.78, 5) is 16.1. The molecule has 3 rings (SSSR count). The molecule has 1 aliphatic heterocycles. The summed E-state index contributed by atoms with van der Waals surface area (Å²) in [7, 11) is 0. The van der Waals surface area contributed by atoms with E-state index in [1.165, 1.54) is 6.07 Å². The number of urea groups is 1. The van der Waals surface area contributed by atoms with E-state index in [4.69, 9.17) is 4.52 Å². The topological polar surface area (TPSA) is 61.6 Å². The van der Waals surface area contributed by atoms with Crippen LogP contribution in [0.15, 0.2) is 34.9 Å². The SMILES string of the molecule is Cc1cc(N2CCN(C(=O)NCCc3ccccc3F)CC2)no1. The number of aryl methyl sites for hydroxylation is 1. The van der Waals surface area contributed by atoms with Crippen molar-refractivity contribution in [2.75, 3.05) is 37.6 Å². The fraction of sp³-hybridized carbons (Fsp3) is 0.412. The highest BCUT2D eigenvalue weighted by molar-refractivity contribution is 5.74. The second-order valence-corrected chi connectivity index (χ2v) is 5.84. The van der Waals surface area contributed by atoms with Gasteiger partial charge in [-0.05, 0) is 25.0 Å². The molecule has 1 aliphatic rings. The predicted octanol–water partition coefficient (Wildman–Crippen LogP) is 2.20. The summed E-state index contributed by atoms with van der Waals surface area (Å²) in [6.45, 7) is 4.95. The average Bonchev–Trinajstić information content (AvgIpc) is 3.03. The highest BCUT2D eigenvalue weighted by Gasteiger charge is 2.22. The van der Waals surface area contributed by atoms with Crippen LogP contribution in [0.3, 0.4) is 0 Å². The number of amides is 2. The molecule has 6 nitrogen and oxygen atoms in total. The van der Waals surface area contributed by atoms with Crippen LogP contribution in [0.1, 0.15) is 11.3 Å². The molecule has 0 radical (unpaired) electrons. The van der Waals surface area contributed by atoms with Crippen LogP contribution in [0.4, 0.5) is 15.0 Å². The smallest absolute Gasteiger partial charge is 0.317 e. The minimum atomic E-state index is -0.233. The lowest BCUT2D eigenvalue weighted by atomic mass is 10.1. The Hall–Kier alpha value is -2.57. The molecule has 1 fully saturated rings. The van der Waals surface area contributed by atoms with Crippen LogP contribution in [0.2, 0.25) is 0 Å². The minimum Gasteiger partial charge on any atom is -0.360 e. The van der Waals surface area contributed by atoms with E-state index in [1.807, 2.05) is 13.0 Å². The van der Waals surface area contributed by atoms with Crippen molar-refractivity contribution in [1.29, 1.82) is 0 Å².